The molecule has 0 unspecified atom stereocenters. The highest BCUT2D eigenvalue weighted by Gasteiger charge is 2.26. The normalized spacial score (nSPS) is 27.7. The number of allylic oxidation sites excluding steroid dienone is 4. The largest absolute Gasteiger partial charge is 0.461 e. The van der Waals surface area contributed by atoms with Crippen LogP contribution in [0.3, 0.4) is 0 Å². The van der Waals surface area contributed by atoms with Crippen LogP contribution in [0.25, 0.3) is 0 Å². The second kappa shape index (κ2) is 3.60. The van der Waals surface area contributed by atoms with Gasteiger partial charge in [-0.15, -0.1) is 0 Å². The van der Waals surface area contributed by atoms with Crippen LogP contribution >= 0.6 is 0 Å². The number of ether oxygens (including phenoxy) is 1. The van der Waals surface area contributed by atoms with Gasteiger partial charge in [0.05, 0.1) is 5.92 Å². The number of carbonyl (C=O) groups excluding carboxylic acids is 1. The zero-order chi connectivity index (χ0) is 9.10. The van der Waals surface area contributed by atoms with E-state index < -0.39 is 0 Å². The summed E-state index contributed by atoms with van der Waals surface area (Å²) in [5, 5.41) is 0. The van der Waals surface area contributed by atoms with E-state index in [1.165, 1.54) is 0 Å². The molecule has 0 fully saturated rings. The molecule has 68 valence electrons. The lowest BCUT2D eigenvalue weighted by molar-refractivity contribution is -0.147. The lowest BCUT2D eigenvalue weighted by atomic mass is 9.88. The van der Waals surface area contributed by atoms with Crippen LogP contribution in [0.2, 0.25) is 0 Å². The van der Waals surface area contributed by atoms with Crippen molar-refractivity contribution in [1.29, 1.82) is 0 Å². The van der Waals surface area contributed by atoms with Crippen molar-refractivity contribution < 1.29 is 9.53 Å². The van der Waals surface area contributed by atoms with Gasteiger partial charge in [-0.1, -0.05) is 36.5 Å². The molecule has 2 rings (SSSR count). The second-order valence-electron chi connectivity index (χ2n) is 3.25. The SMILES string of the molecule is O=C1OCC=C[C@@H]1C1C=CCC=C1. The fraction of sp³-hybridized carbons (Fsp3) is 0.364. The lowest BCUT2D eigenvalue weighted by Gasteiger charge is -2.21. The quantitative estimate of drug-likeness (QED) is 0.450. The molecule has 2 aliphatic rings. The van der Waals surface area contributed by atoms with Crippen LogP contribution in [0.5, 0.6) is 0 Å². The Morgan fingerprint density at radius 1 is 1.15 bits per heavy atom. The van der Waals surface area contributed by atoms with Gasteiger partial charge >= 0.3 is 5.97 Å². The number of rotatable bonds is 1. The number of esters is 1. The molecule has 13 heavy (non-hydrogen) atoms. The molecule has 0 aromatic heterocycles. The first-order valence-corrected chi connectivity index (χ1v) is 4.54. The van der Waals surface area contributed by atoms with E-state index in [1.54, 1.807) is 0 Å². The number of hydrogen-bond donors (Lipinski definition) is 0. The predicted molar refractivity (Wildman–Crippen MR) is 50.0 cm³/mol. The van der Waals surface area contributed by atoms with E-state index in [0.717, 1.165) is 6.42 Å². The van der Waals surface area contributed by atoms with Gasteiger partial charge in [-0.3, -0.25) is 4.79 Å². The highest BCUT2D eigenvalue weighted by molar-refractivity contribution is 5.76. The zero-order valence-electron chi connectivity index (χ0n) is 7.35. The molecule has 1 heterocycles. The zero-order valence-corrected chi connectivity index (χ0v) is 7.35. The molecule has 0 saturated carbocycles. The summed E-state index contributed by atoms with van der Waals surface area (Å²) in [6, 6.07) is 0. The van der Waals surface area contributed by atoms with E-state index in [2.05, 4.69) is 24.3 Å². The summed E-state index contributed by atoms with van der Waals surface area (Å²) in [5.41, 5.74) is 0. The van der Waals surface area contributed by atoms with E-state index in [1.807, 2.05) is 12.2 Å². The van der Waals surface area contributed by atoms with E-state index in [-0.39, 0.29) is 17.8 Å². The first-order valence-electron chi connectivity index (χ1n) is 4.54. The van der Waals surface area contributed by atoms with Gasteiger partial charge in [-0.2, -0.15) is 0 Å². The second-order valence-corrected chi connectivity index (χ2v) is 3.25. The molecule has 2 nitrogen and oxygen atoms in total. The molecule has 1 atom stereocenters. The van der Waals surface area contributed by atoms with Gasteiger partial charge in [0.2, 0.25) is 0 Å². The van der Waals surface area contributed by atoms with Crippen LogP contribution in [0.1, 0.15) is 6.42 Å². The third-order valence-electron chi connectivity index (χ3n) is 2.34. The Labute approximate surface area is 77.6 Å². The van der Waals surface area contributed by atoms with E-state index in [4.69, 9.17) is 4.74 Å². The van der Waals surface area contributed by atoms with Gasteiger partial charge in [-0.25, -0.2) is 0 Å². The molecular weight excluding hydrogens is 164 g/mol. The average molecular weight is 176 g/mol. The fourth-order valence-electron chi connectivity index (χ4n) is 1.65. The standard InChI is InChI=1S/C11H12O2/c12-11-10(7-4-8-13-11)9-5-2-1-3-6-9/h2-7,9-10H,1,8H2/t10-/m1/s1. The maximum atomic E-state index is 11.4. The molecule has 2 heteroatoms. The topological polar surface area (TPSA) is 26.3 Å². The maximum absolute atomic E-state index is 11.4. The monoisotopic (exact) mass is 176 g/mol. The van der Waals surface area contributed by atoms with Crippen LogP contribution in [-0.4, -0.2) is 12.6 Å². The Balaban J connectivity index is 2.14. The molecular formula is C11H12O2. The predicted octanol–water partition coefficient (Wildman–Crippen LogP) is 1.85. The summed E-state index contributed by atoms with van der Waals surface area (Å²) in [6.45, 7) is 0.426. The summed E-state index contributed by atoms with van der Waals surface area (Å²) in [5.74, 6) is -0.0250. The third-order valence-corrected chi connectivity index (χ3v) is 2.34. The number of carbonyl (C=O) groups is 1. The Hall–Kier alpha value is -1.31. The van der Waals surface area contributed by atoms with Crippen LogP contribution in [0, 0.1) is 11.8 Å². The van der Waals surface area contributed by atoms with Gasteiger partial charge in [-0.05, 0) is 6.42 Å². The van der Waals surface area contributed by atoms with Crippen LogP contribution in [0.4, 0.5) is 0 Å². The molecule has 0 spiro atoms. The van der Waals surface area contributed by atoms with Crippen molar-refractivity contribution in [2.75, 3.05) is 6.61 Å². The van der Waals surface area contributed by atoms with Crippen molar-refractivity contribution in [3.63, 3.8) is 0 Å². The lowest BCUT2D eigenvalue weighted by Crippen LogP contribution is -2.25. The minimum Gasteiger partial charge on any atom is -0.461 e. The summed E-state index contributed by atoms with van der Waals surface area (Å²) in [4.78, 5) is 11.4. The molecule has 0 aromatic rings. The number of cyclic esters (lactones) is 1. The van der Waals surface area contributed by atoms with Gasteiger partial charge in [0.1, 0.15) is 6.61 Å². The van der Waals surface area contributed by atoms with Gasteiger partial charge in [0.25, 0.3) is 0 Å². The van der Waals surface area contributed by atoms with Crippen molar-refractivity contribution in [3.8, 4) is 0 Å². The molecule has 1 aliphatic heterocycles. The highest BCUT2D eigenvalue weighted by atomic mass is 16.5. The fourth-order valence-corrected chi connectivity index (χ4v) is 1.65. The van der Waals surface area contributed by atoms with Crippen molar-refractivity contribution in [2.45, 2.75) is 6.42 Å². The summed E-state index contributed by atoms with van der Waals surface area (Å²) < 4.78 is 4.95. The number of hydrogen-bond acceptors (Lipinski definition) is 2. The van der Waals surface area contributed by atoms with E-state index in [9.17, 15) is 4.79 Å². The Morgan fingerprint density at radius 3 is 2.62 bits per heavy atom. The van der Waals surface area contributed by atoms with Crippen LogP contribution in [-0.2, 0) is 9.53 Å². The Bertz CT molecular complexity index is 274. The Morgan fingerprint density at radius 2 is 1.92 bits per heavy atom. The molecule has 0 saturated heterocycles. The smallest absolute Gasteiger partial charge is 0.314 e. The maximum Gasteiger partial charge on any atom is 0.314 e. The third kappa shape index (κ3) is 1.72. The minimum atomic E-state index is -0.110. The van der Waals surface area contributed by atoms with Gasteiger partial charge in [0, 0.05) is 5.92 Å². The molecule has 0 radical (unpaired) electrons. The minimum absolute atomic E-state index is 0.108. The first kappa shape index (κ1) is 8.30. The molecule has 1 aliphatic carbocycles. The Kier molecular flexibility index (Phi) is 2.30. The van der Waals surface area contributed by atoms with Crippen molar-refractivity contribution >= 4 is 5.97 Å². The molecule has 0 N–H and O–H groups in total. The summed E-state index contributed by atoms with van der Waals surface area (Å²) in [6.07, 6.45) is 13.1. The van der Waals surface area contributed by atoms with Crippen molar-refractivity contribution in [1.82, 2.24) is 0 Å². The summed E-state index contributed by atoms with van der Waals surface area (Å²) >= 11 is 0. The first-order chi connectivity index (χ1) is 6.38. The van der Waals surface area contributed by atoms with Crippen molar-refractivity contribution in [2.24, 2.45) is 11.8 Å². The average Bonchev–Trinajstić information content (AvgIpc) is 2.20. The molecule has 0 aromatic carbocycles. The van der Waals surface area contributed by atoms with E-state index in [0.29, 0.717) is 6.61 Å². The highest BCUT2D eigenvalue weighted by Crippen LogP contribution is 2.23. The van der Waals surface area contributed by atoms with Crippen molar-refractivity contribution in [3.05, 3.63) is 36.5 Å². The molecule has 0 amide bonds. The van der Waals surface area contributed by atoms with Gasteiger partial charge in [0.15, 0.2) is 0 Å². The van der Waals surface area contributed by atoms with Crippen LogP contribution < -0.4 is 0 Å². The molecule has 0 bridgehead atoms. The van der Waals surface area contributed by atoms with E-state index >= 15 is 0 Å². The summed E-state index contributed by atoms with van der Waals surface area (Å²) in [7, 11) is 0. The van der Waals surface area contributed by atoms with Gasteiger partial charge < -0.3 is 4.74 Å². The van der Waals surface area contributed by atoms with Crippen LogP contribution in [0.15, 0.2) is 36.5 Å².